The number of anilines is 1. The third kappa shape index (κ3) is 3.23. The van der Waals surface area contributed by atoms with Gasteiger partial charge in [-0.05, 0) is 48.9 Å². The number of rotatable bonds is 4. The van der Waals surface area contributed by atoms with Crippen LogP contribution in [-0.2, 0) is 0 Å². The second kappa shape index (κ2) is 5.97. The highest BCUT2D eigenvalue weighted by molar-refractivity contribution is 6.30. The minimum Gasteiger partial charge on any atom is -0.379 e. The van der Waals surface area contributed by atoms with E-state index >= 15 is 0 Å². The summed E-state index contributed by atoms with van der Waals surface area (Å²) in [5.41, 5.74) is 3.12. The molecule has 0 spiro atoms. The Kier molecular flexibility index (Phi) is 3.88. The molecule has 0 aliphatic carbocycles. The summed E-state index contributed by atoms with van der Waals surface area (Å²) in [5, 5.41) is 12.4. The van der Waals surface area contributed by atoms with Crippen molar-refractivity contribution in [2.45, 2.75) is 13.0 Å². The largest absolute Gasteiger partial charge is 0.379 e. The Morgan fingerprint density at radius 2 is 1.76 bits per heavy atom. The van der Waals surface area contributed by atoms with Gasteiger partial charge in [-0.25, -0.2) is 0 Å². The molecule has 5 heteroatoms. The van der Waals surface area contributed by atoms with Crippen molar-refractivity contribution in [3.05, 3.63) is 71.5 Å². The Balaban J connectivity index is 1.73. The molecule has 0 saturated heterocycles. The van der Waals surface area contributed by atoms with Crippen LogP contribution in [-0.4, -0.2) is 15.0 Å². The van der Waals surface area contributed by atoms with Crippen molar-refractivity contribution in [3.8, 4) is 5.69 Å². The lowest BCUT2D eigenvalue weighted by atomic mass is 10.1. The van der Waals surface area contributed by atoms with Crippen molar-refractivity contribution in [1.82, 2.24) is 15.0 Å². The summed E-state index contributed by atoms with van der Waals surface area (Å²) in [4.78, 5) is 1.59. The van der Waals surface area contributed by atoms with Crippen LogP contribution in [0.4, 0.5) is 5.69 Å². The summed E-state index contributed by atoms with van der Waals surface area (Å²) >= 11 is 6.03. The van der Waals surface area contributed by atoms with E-state index in [0.29, 0.717) is 0 Å². The molecule has 21 heavy (non-hydrogen) atoms. The van der Waals surface area contributed by atoms with Gasteiger partial charge in [0.15, 0.2) is 0 Å². The summed E-state index contributed by atoms with van der Waals surface area (Å²) in [6.45, 7) is 2.11. The smallest absolute Gasteiger partial charge is 0.0858 e. The van der Waals surface area contributed by atoms with Crippen molar-refractivity contribution >= 4 is 17.3 Å². The van der Waals surface area contributed by atoms with E-state index < -0.39 is 0 Å². The highest BCUT2D eigenvalue weighted by Gasteiger charge is 2.06. The number of benzene rings is 2. The van der Waals surface area contributed by atoms with Crippen LogP contribution < -0.4 is 5.32 Å². The van der Waals surface area contributed by atoms with Gasteiger partial charge in [-0.1, -0.05) is 23.7 Å². The van der Waals surface area contributed by atoms with Crippen LogP contribution in [0.2, 0.25) is 5.02 Å². The van der Waals surface area contributed by atoms with Crippen molar-refractivity contribution < 1.29 is 0 Å². The van der Waals surface area contributed by atoms with Crippen LogP contribution in [0, 0.1) is 0 Å². The molecule has 2 aromatic carbocycles. The molecule has 4 nitrogen and oxygen atoms in total. The van der Waals surface area contributed by atoms with E-state index in [-0.39, 0.29) is 6.04 Å². The molecule has 0 fully saturated rings. The van der Waals surface area contributed by atoms with Gasteiger partial charge in [0.25, 0.3) is 0 Å². The van der Waals surface area contributed by atoms with Crippen molar-refractivity contribution in [1.29, 1.82) is 0 Å². The fourth-order valence-electron chi connectivity index (χ4n) is 2.15. The average molecular weight is 299 g/mol. The third-order valence-corrected chi connectivity index (χ3v) is 3.48. The van der Waals surface area contributed by atoms with Crippen LogP contribution >= 0.6 is 11.6 Å². The first kappa shape index (κ1) is 13.6. The predicted molar refractivity (Wildman–Crippen MR) is 84.8 cm³/mol. The summed E-state index contributed by atoms with van der Waals surface area (Å²) in [7, 11) is 0. The van der Waals surface area contributed by atoms with Gasteiger partial charge < -0.3 is 5.32 Å². The maximum absolute atomic E-state index is 6.03. The third-order valence-electron chi connectivity index (χ3n) is 3.25. The Bertz CT molecular complexity index is 707. The maximum atomic E-state index is 6.03. The van der Waals surface area contributed by atoms with Gasteiger partial charge >= 0.3 is 0 Å². The fourth-order valence-corrected chi connectivity index (χ4v) is 2.35. The minimum absolute atomic E-state index is 0.178. The Hall–Kier alpha value is -2.33. The molecular formula is C16H15ClN4. The molecule has 0 radical (unpaired) electrons. The van der Waals surface area contributed by atoms with Gasteiger partial charge in [0.2, 0.25) is 0 Å². The molecule has 3 rings (SSSR count). The average Bonchev–Trinajstić information content (AvgIpc) is 3.02. The van der Waals surface area contributed by atoms with Crippen LogP contribution in [0.25, 0.3) is 5.69 Å². The molecule has 0 saturated carbocycles. The van der Waals surface area contributed by atoms with E-state index in [0.717, 1.165) is 22.0 Å². The molecule has 1 unspecified atom stereocenters. The molecule has 1 atom stereocenters. The Labute approximate surface area is 128 Å². The Morgan fingerprint density at radius 1 is 1.05 bits per heavy atom. The summed E-state index contributed by atoms with van der Waals surface area (Å²) in [6, 6.07) is 16.0. The second-order valence-electron chi connectivity index (χ2n) is 4.79. The number of aromatic nitrogens is 3. The van der Waals surface area contributed by atoms with Gasteiger partial charge in [-0.15, -0.1) is 0 Å². The number of hydrogen-bond acceptors (Lipinski definition) is 3. The number of nitrogens with one attached hydrogen (secondary N) is 1. The summed E-state index contributed by atoms with van der Waals surface area (Å²) in [5.74, 6) is 0. The molecule has 0 amide bonds. The van der Waals surface area contributed by atoms with E-state index in [2.05, 4.69) is 28.5 Å². The van der Waals surface area contributed by atoms with Crippen molar-refractivity contribution in [2.24, 2.45) is 0 Å². The van der Waals surface area contributed by atoms with Crippen molar-refractivity contribution in [2.75, 3.05) is 5.32 Å². The molecule has 0 aliphatic heterocycles. The first-order valence-electron chi connectivity index (χ1n) is 6.71. The lowest BCUT2D eigenvalue weighted by Crippen LogP contribution is -2.06. The monoisotopic (exact) mass is 298 g/mol. The SMILES string of the molecule is CC(Nc1ccc(-n2nccn2)cc1)c1cccc(Cl)c1. The van der Waals surface area contributed by atoms with Gasteiger partial charge in [0.05, 0.1) is 18.1 Å². The van der Waals surface area contributed by atoms with Gasteiger partial charge in [-0.2, -0.15) is 15.0 Å². The molecule has 106 valence electrons. The highest BCUT2D eigenvalue weighted by Crippen LogP contribution is 2.22. The van der Waals surface area contributed by atoms with Crippen LogP contribution in [0.3, 0.4) is 0 Å². The predicted octanol–water partition coefficient (Wildman–Crippen LogP) is 4.09. The number of hydrogen-bond donors (Lipinski definition) is 1. The molecule has 1 heterocycles. The van der Waals surface area contributed by atoms with Crippen LogP contribution in [0.1, 0.15) is 18.5 Å². The lowest BCUT2D eigenvalue weighted by molar-refractivity contribution is 0.752. The van der Waals surface area contributed by atoms with E-state index in [1.54, 1.807) is 17.2 Å². The van der Waals surface area contributed by atoms with Gasteiger partial charge in [0.1, 0.15) is 0 Å². The fraction of sp³-hybridized carbons (Fsp3) is 0.125. The van der Waals surface area contributed by atoms with Crippen LogP contribution in [0.15, 0.2) is 60.9 Å². The second-order valence-corrected chi connectivity index (χ2v) is 5.22. The zero-order valence-corrected chi connectivity index (χ0v) is 12.3. The zero-order chi connectivity index (χ0) is 14.7. The summed E-state index contributed by atoms with van der Waals surface area (Å²) in [6.07, 6.45) is 3.32. The van der Waals surface area contributed by atoms with E-state index in [9.17, 15) is 0 Å². The lowest BCUT2D eigenvalue weighted by Gasteiger charge is -2.16. The first-order chi connectivity index (χ1) is 10.2. The quantitative estimate of drug-likeness (QED) is 0.789. The van der Waals surface area contributed by atoms with E-state index in [4.69, 9.17) is 11.6 Å². The van der Waals surface area contributed by atoms with E-state index in [1.807, 2.05) is 42.5 Å². The molecule has 0 aliphatic rings. The maximum Gasteiger partial charge on any atom is 0.0858 e. The molecular weight excluding hydrogens is 284 g/mol. The van der Waals surface area contributed by atoms with E-state index in [1.165, 1.54) is 0 Å². The number of nitrogens with zero attached hydrogens (tertiary/aromatic N) is 3. The van der Waals surface area contributed by atoms with Crippen LogP contribution in [0.5, 0.6) is 0 Å². The zero-order valence-electron chi connectivity index (χ0n) is 11.6. The normalized spacial score (nSPS) is 12.1. The highest BCUT2D eigenvalue weighted by atomic mass is 35.5. The standard InChI is InChI=1S/C16H15ClN4/c1-12(13-3-2-4-14(17)11-13)20-15-5-7-16(8-6-15)21-18-9-10-19-21/h2-12,20H,1H3. The molecule has 3 aromatic rings. The minimum atomic E-state index is 0.178. The summed E-state index contributed by atoms with van der Waals surface area (Å²) < 4.78 is 0. The van der Waals surface area contributed by atoms with Crippen molar-refractivity contribution in [3.63, 3.8) is 0 Å². The van der Waals surface area contributed by atoms with Gasteiger partial charge in [0, 0.05) is 16.8 Å². The Morgan fingerprint density at radius 3 is 2.43 bits per heavy atom. The molecule has 1 N–H and O–H groups in total. The first-order valence-corrected chi connectivity index (χ1v) is 7.09. The number of halogens is 1. The molecule has 1 aromatic heterocycles. The topological polar surface area (TPSA) is 42.7 Å². The molecule has 0 bridgehead atoms. The van der Waals surface area contributed by atoms with Gasteiger partial charge in [-0.3, -0.25) is 0 Å².